The minimum Gasteiger partial charge on any atom is -0.467 e. The molecule has 0 fully saturated rings. The predicted molar refractivity (Wildman–Crippen MR) is 72.9 cm³/mol. The van der Waals surface area contributed by atoms with Gasteiger partial charge in [-0.05, 0) is 43.7 Å². The molecule has 2 rings (SSSR count). The summed E-state index contributed by atoms with van der Waals surface area (Å²) in [6.07, 6.45) is 2.83. The molecular formula is C13H16ClNOS. The number of furan rings is 1. The van der Waals surface area contributed by atoms with Gasteiger partial charge in [0.15, 0.2) is 0 Å². The van der Waals surface area contributed by atoms with Crippen LogP contribution in [0.1, 0.15) is 35.6 Å². The molecule has 0 amide bonds. The van der Waals surface area contributed by atoms with E-state index in [0.29, 0.717) is 0 Å². The Morgan fingerprint density at radius 3 is 2.76 bits per heavy atom. The van der Waals surface area contributed by atoms with Gasteiger partial charge in [0.05, 0.1) is 10.6 Å². The standard InChI is InChI=1S/C13H16ClNOS/c1-3-7-15-12(10-4-5-11(14)17-10)13-9(2)6-8-16-13/h4-6,8,12,15H,3,7H2,1-2H3. The van der Waals surface area contributed by atoms with Gasteiger partial charge < -0.3 is 9.73 Å². The van der Waals surface area contributed by atoms with Crippen LogP contribution < -0.4 is 5.32 Å². The highest BCUT2D eigenvalue weighted by Crippen LogP contribution is 2.32. The first kappa shape index (κ1) is 12.7. The molecule has 1 N–H and O–H groups in total. The summed E-state index contributed by atoms with van der Waals surface area (Å²) in [6, 6.07) is 6.09. The molecule has 0 aliphatic heterocycles. The Balaban J connectivity index is 2.28. The highest BCUT2D eigenvalue weighted by molar-refractivity contribution is 7.16. The van der Waals surface area contributed by atoms with Crippen LogP contribution in [0.2, 0.25) is 4.34 Å². The van der Waals surface area contributed by atoms with Crippen molar-refractivity contribution >= 4 is 22.9 Å². The lowest BCUT2D eigenvalue weighted by molar-refractivity contribution is 0.447. The lowest BCUT2D eigenvalue weighted by Gasteiger charge is -2.15. The topological polar surface area (TPSA) is 25.2 Å². The first-order valence-electron chi connectivity index (χ1n) is 5.75. The number of hydrogen-bond acceptors (Lipinski definition) is 3. The van der Waals surface area contributed by atoms with Crippen LogP contribution in [0, 0.1) is 6.92 Å². The minimum atomic E-state index is 0.113. The van der Waals surface area contributed by atoms with Crippen molar-refractivity contribution in [2.24, 2.45) is 0 Å². The van der Waals surface area contributed by atoms with Crippen LogP contribution in [0.25, 0.3) is 0 Å². The van der Waals surface area contributed by atoms with E-state index in [-0.39, 0.29) is 6.04 Å². The third kappa shape index (κ3) is 2.92. The second kappa shape index (κ2) is 5.71. The molecule has 2 aromatic heterocycles. The summed E-state index contributed by atoms with van der Waals surface area (Å²) < 4.78 is 6.40. The molecule has 4 heteroatoms. The third-order valence-electron chi connectivity index (χ3n) is 2.64. The van der Waals surface area contributed by atoms with Crippen LogP contribution in [-0.4, -0.2) is 6.54 Å². The lowest BCUT2D eigenvalue weighted by Crippen LogP contribution is -2.22. The SMILES string of the molecule is CCCNC(c1ccc(Cl)s1)c1occc1C. The molecule has 2 aromatic rings. The summed E-state index contributed by atoms with van der Waals surface area (Å²) >= 11 is 7.60. The Bertz CT molecular complexity index is 477. The van der Waals surface area contributed by atoms with Crippen molar-refractivity contribution < 1.29 is 4.42 Å². The predicted octanol–water partition coefficient (Wildman–Crippen LogP) is 4.39. The summed E-state index contributed by atoms with van der Waals surface area (Å²) in [5.41, 5.74) is 1.17. The Morgan fingerprint density at radius 1 is 1.41 bits per heavy atom. The van der Waals surface area contributed by atoms with Crippen molar-refractivity contribution in [3.63, 3.8) is 0 Å². The summed E-state index contributed by atoms with van der Waals surface area (Å²) in [5, 5.41) is 3.50. The van der Waals surface area contributed by atoms with E-state index in [0.717, 1.165) is 23.1 Å². The molecule has 0 aliphatic carbocycles. The average Bonchev–Trinajstić information content (AvgIpc) is 2.90. The van der Waals surface area contributed by atoms with Crippen LogP contribution in [0.5, 0.6) is 0 Å². The van der Waals surface area contributed by atoms with Gasteiger partial charge in [-0.2, -0.15) is 0 Å². The summed E-state index contributed by atoms with van der Waals surface area (Å²) in [5.74, 6) is 0.983. The Hall–Kier alpha value is -0.770. The molecule has 0 spiro atoms. The number of aryl methyl sites for hydroxylation is 1. The van der Waals surface area contributed by atoms with Crippen LogP contribution in [0.3, 0.4) is 0 Å². The number of nitrogens with one attached hydrogen (secondary N) is 1. The molecule has 0 saturated heterocycles. The quantitative estimate of drug-likeness (QED) is 0.871. The number of halogens is 1. The fourth-order valence-electron chi connectivity index (χ4n) is 1.77. The zero-order valence-corrected chi connectivity index (χ0v) is 11.6. The second-order valence-corrected chi connectivity index (χ2v) is 5.74. The zero-order chi connectivity index (χ0) is 12.3. The molecule has 0 radical (unpaired) electrons. The highest BCUT2D eigenvalue weighted by atomic mass is 35.5. The normalized spacial score (nSPS) is 12.9. The van der Waals surface area contributed by atoms with E-state index in [1.165, 1.54) is 10.4 Å². The Kier molecular flexibility index (Phi) is 4.26. The Morgan fingerprint density at radius 2 is 2.24 bits per heavy atom. The molecule has 17 heavy (non-hydrogen) atoms. The molecule has 0 aromatic carbocycles. The van der Waals surface area contributed by atoms with Crippen molar-refractivity contribution in [2.75, 3.05) is 6.54 Å². The monoisotopic (exact) mass is 269 g/mol. The number of rotatable bonds is 5. The van der Waals surface area contributed by atoms with Gasteiger partial charge in [-0.3, -0.25) is 0 Å². The van der Waals surface area contributed by atoms with Crippen molar-refractivity contribution in [2.45, 2.75) is 26.3 Å². The van der Waals surface area contributed by atoms with Crippen LogP contribution in [0.15, 0.2) is 28.9 Å². The van der Waals surface area contributed by atoms with Crippen LogP contribution in [0.4, 0.5) is 0 Å². The molecule has 0 bridgehead atoms. The molecule has 2 heterocycles. The van der Waals surface area contributed by atoms with E-state index in [4.69, 9.17) is 16.0 Å². The zero-order valence-electron chi connectivity index (χ0n) is 10.00. The molecular weight excluding hydrogens is 254 g/mol. The second-order valence-electron chi connectivity index (χ2n) is 4.00. The smallest absolute Gasteiger partial charge is 0.128 e. The van der Waals surface area contributed by atoms with Gasteiger partial charge in [-0.25, -0.2) is 0 Å². The van der Waals surface area contributed by atoms with Crippen molar-refractivity contribution in [1.82, 2.24) is 5.32 Å². The van der Waals surface area contributed by atoms with E-state index in [1.54, 1.807) is 17.6 Å². The maximum absolute atomic E-state index is 6.00. The fraction of sp³-hybridized carbons (Fsp3) is 0.385. The average molecular weight is 270 g/mol. The molecule has 0 saturated carbocycles. The largest absolute Gasteiger partial charge is 0.467 e. The maximum atomic E-state index is 6.00. The van der Waals surface area contributed by atoms with Gasteiger partial charge >= 0.3 is 0 Å². The van der Waals surface area contributed by atoms with Gasteiger partial charge in [0.2, 0.25) is 0 Å². The molecule has 92 valence electrons. The lowest BCUT2D eigenvalue weighted by atomic mass is 10.1. The van der Waals surface area contributed by atoms with Crippen LogP contribution >= 0.6 is 22.9 Å². The third-order valence-corrected chi connectivity index (χ3v) is 3.94. The van der Waals surface area contributed by atoms with Crippen molar-refractivity contribution in [3.05, 3.63) is 45.0 Å². The van der Waals surface area contributed by atoms with Gasteiger partial charge in [-0.15, -0.1) is 11.3 Å². The van der Waals surface area contributed by atoms with E-state index in [1.807, 2.05) is 12.1 Å². The van der Waals surface area contributed by atoms with Crippen LogP contribution in [-0.2, 0) is 0 Å². The van der Waals surface area contributed by atoms with Crippen molar-refractivity contribution in [3.8, 4) is 0 Å². The summed E-state index contributed by atoms with van der Waals surface area (Å²) in [6.45, 7) is 5.18. The molecule has 1 unspecified atom stereocenters. The Labute approximate surface area is 111 Å². The van der Waals surface area contributed by atoms with E-state index >= 15 is 0 Å². The number of hydrogen-bond donors (Lipinski definition) is 1. The van der Waals surface area contributed by atoms with E-state index in [2.05, 4.69) is 25.2 Å². The summed E-state index contributed by atoms with van der Waals surface area (Å²) in [4.78, 5) is 1.20. The molecule has 0 aliphatic rings. The van der Waals surface area contributed by atoms with Crippen molar-refractivity contribution in [1.29, 1.82) is 0 Å². The van der Waals surface area contributed by atoms with Gasteiger partial charge in [-0.1, -0.05) is 18.5 Å². The molecule has 1 atom stereocenters. The first-order valence-corrected chi connectivity index (χ1v) is 6.94. The van der Waals surface area contributed by atoms with Gasteiger partial charge in [0.1, 0.15) is 11.8 Å². The van der Waals surface area contributed by atoms with Gasteiger partial charge in [0.25, 0.3) is 0 Å². The van der Waals surface area contributed by atoms with E-state index < -0.39 is 0 Å². The number of thiophene rings is 1. The molecule has 2 nitrogen and oxygen atoms in total. The first-order chi connectivity index (χ1) is 8.22. The van der Waals surface area contributed by atoms with E-state index in [9.17, 15) is 0 Å². The fourth-order valence-corrected chi connectivity index (χ4v) is 2.91. The highest BCUT2D eigenvalue weighted by Gasteiger charge is 2.20. The summed E-state index contributed by atoms with van der Waals surface area (Å²) in [7, 11) is 0. The maximum Gasteiger partial charge on any atom is 0.128 e. The minimum absolute atomic E-state index is 0.113. The van der Waals surface area contributed by atoms with Gasteiger partial charge in [0, 0.05) is 4.88 Å².